The van der Waals surface area contributed by atoms with Crippen LogP contribution in [0.4, 0.5) is 0 Å². The number of methoxy groups -OCH3 is 2. The maximum absolute atomic E-state index is 6.10. The SMILES string of the molecule is CCc1ccnc(CN)c1-c1cc(OC)ccc1C1CCc2cc(OC)ccc2C1. The minimum atomic E-state index is 0.424. The summed E-state index contributed by atoms with van der Waals surface area (Å²) in [7, 11) is 3.45. The number of benzene rings is 2. The second-order valence-electron chi connectivity index (χ2n) is 7.88. The molecule has 1 unspecified atom stereocenters. The van der Waals surface area contributed by atoms with Crippen LogP contribution in [0.1, 0.15) is 47.2 Å². The second-order valence-corrected chi connectivity index (χ2v) is 7.88. The molecule has 0 amide bonds. The van der Waals surface area contributed by atoms with Gasteiger partial charge in [0.1, 0.15) is 11.5 Å². The minimum absolute atomic E-state index is 0.424. The zero-order valence-electron chi connectivity index (χ0n) is 18.1. The van der Waals surface area contributed by atoms with E-state index < -0.39 is 0 Å². The molecule has 1 heterocycles. The van der Waals surface area contributed by atoms with Gasteiger partial charge in [0, 0.05) is 18.3 Å². The fraction of sp³-hybridized carbons (Fsp3) is 0.346. The highest BCUT2D eigenvalue weighted by molar-refractivity contribution is 5.75. The van der Waals surface area contributed by atoms with Gasteiger partial charge in [0.2, 0.25) is 0 Å². The number of rotatable bonds is 6. The zero-order chi connectivity index (χ0) is 21.1. The third-order valence-electron chi connectivity index (χ3n) is 6.30. The Morgan fingerprint density at radius 1 is 1.00 bits per heavy atom. The van der Waals surface area contributed by atoms with Gasteiger partial charge < -0.3 is 15.2 Å². The Labute approximate surface area is 179 Å². The molecule has 0 spiro atoms. The Hall–Kier alpha value is -2.85. The lowest BCUT2D eigenvalue weighted by atomic mass is 9.77. The first kappa shape index (κ1) is 20.4. The third-order valence-corrected chi connectivity index (χ3v) is 6.30. The number of hydrogen-bond donors (Lipinski definition) is 1. The van der Waals surface area contributed by atoms with Gasteiger partial charge in [-0.05, 0) is 89.8 Å². The minimum Gasteiger partial charge on any atom is -0.497 e. The molecule has 0 radical (unpaired) electrons. The van der Waals surface area contributed by atoms with E-state index in [1.807, 2.05) is 6.20 Å². The quantitative estimate of drug-likeness (QED) is 0.626. The van der Waals surface area contributed by atoms with Crippen LogP contribution in [0.2, 0.25) is 0 Å². The lowest BCUT2D eigenvalue weighted by Crippen LogP contribution is -2.15. The van der Waals surface area contributed by atoms with Crippen molar-refractivity contribution >= 4 is 0 Å². The summed E-state index contributed by atoms with van der Waals surface area (Å²) in [5.74, 6) is 2.25. The van der Waals surface area contributed by atoms with Crippen LogP contribution in [0.3, 0.4) is 0 Å². The first-order valence-electron chi connectivity index (χ1n) is 10.7. The Morgan fingerprint density at radius 2 is 1.77 bits per heavy atom. The van der Waals surface area contributed by atoms with E-state index in [0.29, 0.717) is 12.5 Å². The van der Waals surface area contributed by atoms with Crippen molar-refractivity contribution in [3.05, 3.63) is 76.6 Å². The highest BCUT2D eigenvalue weighted by atomic mass is 16.5. The van der Waals surface area contributed by atoms with Crippen molar-refractivity contribution in [2.45, 2.75) is 45.1 Å². The molecule has 3 aromatic rings. The fourth-order valence-corrected chi connectivity index (χ4v) is 4.69. The van der Waals surface area contributed by atoms with E-state index in [0.717, 1.165) is 42.9 Å². The van der Waals surface area contributed by atoms with E-state index in [1.54, 1.807) is 14.2 Å². The molecule has 0 saturated heterocycles. The first-order chi connectivity index (χ1) is 14.7. The zero-order valence-corrected chi connectivity index (χ0v) is 18.1. The van der Waals surface area contributed by atoms with Crippen LogP contribution in [0.15, 0.2) is 48.7 Å². The summed E-state index contributed by atoms with van der Waals surface area (Å²) in [5, 5.41) is 0. The molecule has 1 aliphatic carbocycles. The Balaban J connectivity index is 1.81. The van der Waals surface area contributed by atoms with Gasteiger partial charge in [-0.1, -0.05) is 19.1 Å². The molecule has 2 aromatic carbocycles. The van der Waals surface area contributed by atoms with Gasteiger partial charge in [0.25, 0.3) is 0 Å². The monoisotopic (exact) mass is 402 g/mol. The molecule has 0 bridgehead atoms. The van der Waals surface area contributed by atoms with Crippen molar-refractivity contribution in [1.82, 2.24) is 4.98 Å². The van der Waals surface area contributed by atoms with E-state index in [4.69, 9.17) is 15.2 Å². The van der Waals surface area contributed by atoms with E-state index in [9.17, 15) is 0 Å². The van der Waals surface area contributed by atoms with Crippen molar-refractivity contribution in [3.8, 4) is 22.6 Å². The van der Waals surface area contributed by atoms with Gasteiger partial charge in [-0.15, -0.1) is 0 Å². The van der Waals surface area contributed by atoms with Crippen molar-refractivity contribution in [1.29, 1.82) is 0 Å². The van der Waals surface area contributed by atoms with Crippen LogP contribution >= 0.6 is 0 Å². The average Bonchev–Trinajstić information content (AvgIpc) is 2.82. The molecule has 0 aliphatic heterocycles. The summed E-state index contributed by atoms with van der Waals surface area (Å²) in [6.45, 7) is 2.61. The van der Waals surface area contributed by atoms with Gasteiger partial charge in [-0.2, -0.15) is 0 Å². The number of hydrogen-bond acceptors (Lipinski definition) is 4. The van der Waals surface area contributed by atoms with E-state index in [1.165, 1.54) is 33.4 Å². The Morgan fingerprint density at radius 3 is 2.50 bits per heavy atom. The predicted molar refractivity (Wildman–Crippen MR) is 121 cm³/mol. The molecule has 4 rings (SSSR count). The number of ether oxygens (including phenoxy) is 2. The van der Waals surface area contributed by atoms with Crippen molar-refractivity contribution in [3.63, 3.8) is 0 Å². The molecule has 1 aliphatic rings. The number of nitrogens with zero attached hydrogens (tertiary/aromatic N) is 1. The summed E-state index contributed by atoms with van der Waals surface area (Å²) >= 11 is 0. The van der Waals surface area contributed by atoms with Crippen LogP contribution in [-0.4, -0.2) is 19.2 Å². The molecule has 156 valence electrons. The number of nitrogens with two attached hydrogens (primary N) is 1. The molecular formula is C26H30N2O2. The van der Waals surface area contributed by atoms with E-state index in [2.05, 4.69) is 54.4 Å². The number of pyridine rings is 1. The third kappa shape index (κ3) is 3.80. The first-order valence-corrected chi connectivity index (χ1v) is 10.7. The average molecular weight is 403 g/mol. The van der Waals surface area contributed by atoms with Gasteiger partial charge in [0.15, 0.2) is 0 Å². The largest absolute Gasteiger partial charge is 0.497 e. The smallest absolute Gasteiger partial charge is 0.119 e. The van der Waals surface area contributed by atoms with Crippen molar-refractivity contribution in [2.24, 2.45) is 5.73 Å². The van der Waals surface area contributed by atoms with Crippen LogP contribution in [-0.2, 0) is 25.8 Å². The molecule has 4 nitrogen and oxygen atoms in total. The topological polar surface area (TPSA) is 57.4 Å². The summed E-state index contributed by atoms with van der Waals surface area (Å²) in [6, 6.07) is 15.1. The molecule has 30 heavy (non-hydrogen) atoms. The van der Waals surface area contributed by atoms with Crippen LogP contribution in [0.5, 0.6) is 11.5 Å². The van der Waals surface area contributed by atoms with Gasteiger partial charge in [-0.3, -0.25) is 4.98 Å². The summed E-state index contributed by atoms with van der Waals surface area (Å²) in [4.78, 5) is 4.60. The van der Waals surface area contributed by atoms with Gasteiger partial charge in [0.05, 0.1) is 19.9 Å². The van der Waals surface area contributed by atoms with E-state index in [-0.39, 0.29) is 0 Å². The molecular weight excluding hydrogens is 372 g/mol. The number of aryl methyl sites for hydroxylation is 2. The second kappa shape index (κ2) is 8.88. The summed E-state index contributed by atoms with van der Waals surface area (Å²) < 4.78 is 11.0. The van der Waals surface area contributed by atoms with E-state index >= 15 is 0 Å². The molecule has 0 fully saturated rings. The Kier molecular flexibility index (Phi) is 6.05. The normalized spacial score (nSPS) is 15.5. The van der Waals surface area contributed by atoms with Crippen LogP contribution in [0, 0.1) is 0 Å². The van der Waals surface area contributed by atoms with Gasteiger partial charge in [-0.25, -0.2) is 0 Å². The van der Waals surface area contributed by atoms with Crippen molar-refractivity contribution in [2.75, 3.05) is 14.2 Å². The Bertz CT molecular complexity index is 1020. The predicted octanol–water partition coefficient (Wildman–Crippen LogP) is 5.06. The maximum Gasteiger partial charge on any atom is 0.119 e. The lowest BCUT2D eigenvalue weighted by Gasteiger charge is -2.28. The molecule has 4 heteroatoms. The summed E-state index contributed by atoms with van der Waals surface area (Å²) in [5.41, 5.74) is 14.9. The number of fused-ring (bicyclic) bond motifs is 1. The molecule has 0 saturated carbocycles. The van der Waals surface area contributed by atoms with Crippen LogP contribution in [0.25, 0.3) is 11.1 Å². The van der Waals surface area contributed by atoms with Crippen LogP contribution < -0.4 is 15.2 Å². The van der Waals surface area contributed by atoms with Gasteiger partial charge >= 0.3 is 0 Å². The fourth-order valence-electron chi connectivity index (χ4n) is 4.69. The molecule has 2 N–H and O–H groups in total. The standard InChI is InChI=1S/C26H30N2O2/c1-4-17-11-12-28-25(16-27)26(17)24-15-22(30-3)9-10-23(24)20-6-5-19-14-21(29-2)8-7-18(19)13-20/h7-12,14-15,20H,4-6,13,16,27H2,1-3H3. The highest BCUT2D eigenvalue weighted by Gasteiger charge is 2.25. The maximum atomic E-state index is 6.10. The lowest BCUT2D eigenvalue weighted by molar-refractivity contribution is 0.413. The molecule has 1 atom stereocenters. The van der Waals surface area contributed by atoms with Crippen molar-refractivity contribution < 1.29 is 9.47 Å². The highest BCUT2D eigenvalue weighted by Crippen LogP contribution is 2.41. The number of aromatic nitrogens is 1. The molecule has 1 aromatic heterocycles. The summed E-state index contributed by atoms with van der Waals surface area (Å²) in [6.07, 6.45) is 6.00.